The summed E-state index contributed by atoms with van der Waals surface area (Å²) in [5.41, 5.74) is 4.00. The van der Waals surface area contributed by atoms with Crippen molar-refractivity contribution in [1.29, 1.82) is 0 Å². The number of amides is 3. The van der Waals surface area contributed by atoms with E-state index in [4.69, 9.17) is 4.42 Å². The molecule has 0 radical (unpaired) electrons. The Balaban J connectivity index is 1.35. The van der Waals surface area contributed by atoms with E-state index in [-0.39, 0.29) is 29.6 Å². The third-order valence-electron chi connectivity index (χ3n) is 5.23. The van der Waals surface area contributed by atoms with Crippen LogP contribution in [0.15, 0.2) is 58.3 Å². The number of aliphatic imine (C=N–C) groups is 1. The summed E-state index contributed by atoms with van der Waals surface area (Å²) in [5.74, 6) is -0.570. The average molecular weight is 409 g/mol. The first-order valence-corrected chi connectivity index (χ1v) is 9.89. The molecule has 9 heteroatoms. The lowest BCUT2D eigenvalue weighted by molar-refractivity contribution is -0.120. The lowest BCUT2D eigenvalue weighted by Crippen LogP contribution is -2.59. The van der Waals surface area contributed by atoms with Gasteiger partial charge in [-0.15, -0.1) is 0 Å². The summed E-state index contributed by atoms with van der Waals surface area (Å²) in [5, 5.41) is 4.31. The molecule has 1 fully saturated rings. The molecule has 9 nitrogen and oxygen atoms in total. The van der Waals surface area contributed by atoms with Crippen LogP contribution in [0.5, 0.6) is 0 Å². The largest absolute Gasteiger partial charge is 0.472 e. The quantitative estimate of drug-likeness (QED) is 0.792. The van der Waals surface area contributed by atoms with E-state index >= 15 is 0 Å². The van der Waals surface area contributed by atoms with E-state index in [9.17, 15) is 14.4 Å². The molecular weight excluding hydrogens is 386 g/mol. The molecule has 0 saturated carbocycles. The molecule has 2 aromatic rings. The number of carbonyl (C=O) groups is 3. The van der Waals surface area contributed by atoms with Crippen molar-refractivity contribution in [1.82, 2.24) is 15.6 Å². The van der Waals surface area contributed by atoms with Gasteiger partial charge in [-0.1, -0.05) is 18.2 Å². The second-order valence-electron chi connectivity index (χ2n) is 7.33. The van der Waals surface area contributed by atoms with Crippen LogP contribution in [-0.4, -0.2) is 53.6 Å². The Morgan fingerprint density at radius 1 is 1.17 bits per heavy atom. The number of amidine groups is 1. The van der Waals surface area contributed by atoms with E-state index < -0.39 is 6.04 Å². The van der Waals surface area contributed by atoms with Crippen molar-refractivity contribution in [3.63, 3.8) is 0 Å². The number of benzene rings is 1. The van der Waals surface area contributed by atoms with Gasteiger partial charge in [-0.2, -0.15) is 0 Å². The fourth-order valence-corrected chi connectivity index (χ4v) is 3.55. The fourth-order valence-electron chi connectivity index (χ4n) is 3.55. The van der Waals surface area contributed by atoms with Gasteiger partial charge in [0.2, 0.25) is 5.84 Å². The molecule has 2 N–H and O–H groups in total. The lowest BCUT2D eigenvalue weighted by atomic mass is 10.0. The Morgan fingerprint density at radius 3 is 2.57 bits per heavy atom. The van der Waals surface area contributed by atoms with Crippen LogP contribution in [0.1, 0.15) is 30.1 Å². The molecule has 0 aliphatic carbocycles. The van der Waals surface area contributed by atoms with Gasteiger partial charge >= 0.3 is 0 Å². The maximum atomic E-state index is 12.8. The number of rotatable bonds is 4. The smallest absolute Gasteiger partial charge is 0.288 e. The zero-order valence-electron chi connectivity index (χ0n) is 16.6. The number of hydrogen-bond acceptors (Lipinski definition) is 6. The lowest BCUT2D eigenvalue weighted by Gasteiger charge is -2.34. The van der Waals surface area contributed by atoms with Gasteiger partial charge in [0.15, 0.2) is 0 Å². The molecule has 0 bridgehead atoms. The van der Waals surface area contributed by atoms with Gasteiger partial charge < -0.3 is 14.6 Å². The van der Waals surface area contributed by atoms with Crippen molar-refractivity contribution in [2.45, 2.75) is 31.8 Å². The molecule has 156 valence electrons. The van der Waals surface area contributed by atoms with Crippen molar-refractivity contribution in [2.24, 2.45) is 4.99 Å². The molecule has 1 unspecified atom stereocenters. The van der Waals surface area contributed by atoms with Gasteiger partial charge in [-0.05, 0) is 38.0 Å². The summed E-state index contributed by atoms with van der Waals surface area (Å²) in [6, 6.07) is 9.96. The minimum Gasteiger partial charge on any atom is -0.472 e. The Labute approximate surface area is 173 Å². The van der Waals surface area contributed by atoms with Crippen LogP contribution in [-0.2, 0) is 9.59 Å². The van der Waals surface area contributed by atoms with Crippen LogP contribution >= 0.6 is 0 Å². The van der Waals surface area contributed by atoms with Crippen molar-refractivity contribution < 1.29 is 18.8 Å². The van der Waals surface area contributed by atoms with E-state index in [1.807, 2.05) is 18.2 Å². The molecule has 30 heavy (non-hydrogen) atoms. The van der Waals surface area contributed by atoms with Gasteiger partial charge in [0.25, 0.3) is 17.7 Å². The molecule has 4 rings (SSSR count). The van der Waals surface area contributed by atoms with Gasteiger partial charge in [-0.3, -0.25) is 19.8 Å². The second-order valence-corrected chi connectivity index (χ2v) is 7.33. The minimum atomic E-state index is -0.665. The van der Waals surface area contributed by atoms with Crippen LogP contribution in [0.3, 0.4) is 0 Å². The molecule has 3 amide bonds. The number of hydrazine groups is 1. The Kier molecular flexibility index (Phi) is 5.51. The Morgan fingerprint density at radius 2 is 1.90 bits per heavy atom. The number of carbonyl (C=O) groups excluding carboxylic acids is 3. The first-order chi connectivity index (χ1) is 14.5. The van der Waals surface area contributed by atoms with Gasteiger partial charge in [0.1, 0.15) is 12.3 Å². The van der Waals surface area contributed by atoms with Gasteiger partial charge in [0.05, 0.1) is 17.5 Å². The van der Waals surface area contributed by atoms with Crippen molar-refractivity contribution in [3.8, 4) is 0 Å². The molecule has 2 aliphatic rings. The Hall–Kier alpha value is -3.62. The normalized spacial score (nSPS) is 19.8. The van der Waals surface area contributed by atoms with Crippen LogP contribution in [0, 0.1) is 0 Å². The van der Waals surface area contributed by atoms with Crippen molar-refractivity contribution in [3.05, 3.63) is 54.5 Å². The van der Waals surface area contributed by atoms with E-state index in [1.54, 1.807) is 30.0 Å². The summed E-state index contributed by atoms with van der Waals surface area (Å²) in [6.45, 7) is 2.74. The summed E-state index contributed by atoms with van der Waals surface area (Å²) in [7, 11) is 0. The average Bonchev–Trinajstić information content (AvgIpc) is 3.31. The first kappa shape index (κ1) is 19.7. The van der Waals surface area contributed by atoms with Crippen molar-refractivity contribution in [2.75, 3.05) is 18.1 Å². The summed E-state index contributed by atoms with van der Waals surface area (Å²) in [6.07, 6.45) is 4.19. The highest BCUT2D eigenvalue weighted by Gasteiger charge is 2.32. The van der Waals surface area contributed by atoms with Crippen LogP contribution < -0.4 is 15.8 Å². The number of anilines is 1. The number of likely N-dealkylation sites (tertiary alicyclic amines) is 1. The summed E-state index contributed by atoms with van der Waals surface area (Å²) >= 11 is 0. The zero-order valence-corrected chi connectivity index (χ0v) is 16.6. The number of piperidine rings is 1. The van der Waals surface area contributed by atoms with Crippen LogP contribution in [0.4, 0.5) is 5.69 Å². The van der Waals surface area contributed by atoms with E-state index in [0.29, 0.717) is 37.2 Å². The topological polar surface area (TPSA) is 107 Å². The molecule has 3 heterocycles. The fraction of sp³-hybridized carbons (Fsp3) is 0.333. The number of furan rings is 1. The van der Waals surface area contributed by atoms with Crippen LogP contribution in [0.2, 0.25) is 0 Å². The van der Waals surface area contributed by atoms with E-state index in [1.165, 1.54) is 17.5 Å². The third kappa shape index (κ3) is 4.05. The highest BCUT2D eigenvalue weighted by Crippen LogP contribution is 2.17. The third-order valence-corrected chi connectivity index (χ3v) is 5.23. The number of hydrogen-bond donors (Lipinski definition) is 2. The maximum absolute atomic E-state index is 12.8. The predicted molar refractivity (Wildman–Crippen MR) is 110 cm³/mol. The molecule has 1 aromatic heterocycles. The summed E-state index contributed by atoms with van der Waals surface area (Å²) < 4.78 is 4.97. The standard InChI is InChI=1S/C21H23N5O4/c1-14-20(28)26(17-5-3-2-4-6-17)24-18(22-14)19(27)23-16-7-10-25(11-8-16)21(29)15-9-12-30-13-15/h2-6,9,12-14,16H,7-8,10-11H2,1H3,(H,22,24)(H,23,27). The Bertz CT molecular complexity index is 949. The molecule has 2 aliphatic heterocycles. The van der Waals surface area contributed by atoms with E-state index in [2.05, 4.69) is 15.7 Å². The van der Waals surface area contributed by atoms with Gasteiger partial charge in [-0.25, -0.2) is 10.0 Å². The SMILES string of the molecule is CC1N=C(C(=O)NC2CCN(C(=O)c3ccoc3)CC2)NN(c2ccccc2)C1=O. The number of nitrogens with one attached hydrogen (secondary N) is 2. The highest BCUT2D eigenvalue weighted by molar-refractivity contribution is 6.39. The second kappa shape index (κ2) is 8.40. The van der Waals surface area contributed by atoms with E-state index in [0.717, 1.165) is 0 Å². The number of nitrogens with zero attached hydrogens (tertiary/aromatic N) is 3. The first-order valence-electron chi connectivity index (χ1n) is 9.89. The van der Waals surface area contributed by atoms with Crippen molar-refractivity contribution >= 4 is 29.2 Å². The zero-order chi connectivity index (χ0) is 21.1. The highest BCUT2D eigenvalue weighted by atomic mass is 16.3. The summed E-state index contributed by atoms with van der Waals surface area (Å²) in [4.78, 5) is 43.6. The number of para-hydroxylation sites is 1. The van der Waals surface area contributed by atoms with Gasteiger partial charge in [0, 0.05) is 19.1 Å². The molecular formula is C21H23N5O4. The monoisotopic (exact) mass is 409 g/mol. The van der Waals surface area contributed by atoms with Crippen LogP contribution in [0.25, 0.3) is 0 Å². The molecule has 1 atom stereocenters. The predicted octanol–water partition coefficient (Wildman–Crippen LogP) is 1.34. The molecule has 0 spiro atoms. The molecule has 1 aromatic carbocycles. The maximum Gasteiger partial charge on any atom is 0.288 e. The minimum absolute atomic E-state index is 0.0716. The molecule has 1 saturated heterocycles.